The molecule has 1 amide bonds. The first kappa shape index (κ1) is 13.7. The van der Waals surface area contributed by atoms with E-state index in [9.17, 15) is 9.59 Å². The van der Waals surface area contributed by atoms with Gasteiger partial charge >= 0.3 is 12.1 Å². The van der Waals surface area contributed by atoms with Gasteiger partial charge in [0, 0.05) is 0 Å². The summed E-state index contributed by atoms with van der Waals surface area (Å²) in [7, 11) is 0. The molecule has 5 nitrogen and oxygen atoms in total. The number of hydroxylamine groups is 1. The first-order valence-corrected chi connectivity index (χ1v) is 7.08. The number of carbonyl (C=O) groups excluding carboxylic acids is 2. The molecule has 1 aromatic rings. The van der Waals surface area contributed by atoms with Crippen molar-refractivity contribution in [2.24, 2.45) is 17.8 Å². The highest BCUT2D eigenvalue weighted by atomic mass is 16.7. The van der Waals surface area contributed by atoms with E-state index in [4.69, 9.17) is 9.57 Å². The van der Waals surface area contributed by atoms with E-state index in [0.717, 1.165) is 18.4 Å². The first-order chi connectivity index (χ1) is 10.2. The van der Waals surface area contributed by atoms with Crippen LogP contribution in [0.5, 0.6) is 0 Å². The van der Waals surface area contributed by atoms with E-state index in [1.54, 1.807) is 0 Å². The van der Waals surface area contributed by atoms with Crippen molar-refractivity contribution in [3.05, 3.63) is 48.0 Å². The Morgan fingerprint density at radius 3 is 2.62 bits per heavy atom. The molecule has 0 heterocycles. The molecule has 2 aliphatic carbocycles. The summed E-state index contributed by atoms with van der Waals surface area (Å²) in [4.78, 5) is 28.2. The summed E-state index contributed by atoms with van der Waals surface area (Å²) in [5.41, 5.74) is 2.93. The van der Waals surface area contributed by atoms with E-state index in [1.165, 1.54) is 0 Å². The Bertz CT molecular complexity index is 555. The number of carbonyl (C=O) groups is 2. The number of hydrogen-bond acceptors (Lipinski definition) is 4. The summed E-state index contributed by atoms with van der Waals surface area (Å²) in [6.07, 6.45) is 5.27. The molecule has 0 radical (unpaired) electrons. The van der Waals surface area contributed by atoms with E-state index in [1.807, 2.05) is 30.3 Å². The lowest BCUT2D eigenvalue weighted by Crippen LogP contribution is -2.32. The SMILES string of the molecule is O=C(NOC(=O)C1CC2C=CC1C2)OCc1ccccc1. The number of rotatable bonds is 3. The molecule has 1 saturated carbocycles. The smallest absolute Gasteiger partial charge is 0.441 e. The third kappa shape index (κ3) is 3.24. The molecule has 0 aromatic heterocycles. The molecule has 1 aromatic carbocycles. The number of fused-ring (bicyclic) bond motifs is 2. The van der Waals surface area contributed by atoms with Crippen LogP contribution in [-0.2, 0) is 21.0 Å². The first-order valence-electron chi connectivity index (χ1n) is 7.08. The van der Waals surface area contributed by atoms with Crippen LogP contribution in [0.1, 0.15) is 18.4 Å². The minimum absolute atomic E-state index is 0.140. The van der Waals surface area contributed by atoms with Crippen LogP contribution >= 0.6 is 0 Å². The van der Waals surface area contributed by atoms with Gasteiger partial charge in [0.05, 0.1) is 5.92 Å². The molecule has 110 valence electrons. The summed E-state index contributed by atoms with van der Waals surface area (Å²) in [6.45, 7) is 0.140. The van der Waals surface area contributed by atoms with Crippen LogP contribution in [-0.4, -0.2) is 12.1 Å². The fraction of sp³-hybridized carbons (Fsp3) is 0.375. The van der Waals surface area contributed by atoms with Crippen molar-refractivity contribution >= 4 is 12.1 Å². The number of benzene rings is 1. The van der Waals surface area contributed by atoms with Crippen molar-refractivity contribution in [2.75, 3.05) is 0 Å². The molecule has 0 saturated heterocycles. The molecule has 5 heteroatoms. The van der Waals surface area contributed by atoms with Crippen molar-refractivity contribution in [1.82, 2.24) is 5.48 Å². The van der Waals surface area contributed by atoms with Crippen LogP contribution < -0.4 is 5.48 Å². The van der Waals surface area contributed by atoms with Crippen molar-refractivity contribution < 1.29 is 19.2 Å². The zero-order chi connectivity index (χ0) is 14.7. The molecule has 1 N–H and O–H groups in total. The van der Waals surface area contributed by atoms with Crippen LogP contribution in [0.2, 0.25) is 0 Å². The van der Waals surface area contributed by atoms with Crippen LogP contribution in [0.3, 0.4) is 0 Å². The third-order valence-electron chi connectivity index (χ3n) is 4.03. The second-order valence-corrected chi connectivity index (χ2v) is 5.47. The minimum Gasteiger partial charge on any atom is -0.443 e. The lowest BCUT2D eigenvalue weighted by molar-refractivity contribution is -0.155. The van der Waals surface area contributed by atoms with Gasteiger partial charge in [-0.2, -0.15) is 0 Å². The van der Waals surface area contributed by atoms with Crippen LogP contribution in [0.25, 0.3) is 0 Å². The molecule has 1 fully saturated rings. The molecular weight excluding hydrogens is 270 g/mol. The third-order valence-corrected chi connectivity index (χ3v) is 4.03. The molecule has 3 unspecified atom stereocenters. The Kier molecular flexibility index (Phi) is 3.90. The Hall–Kier alpha value is -2.30. The van der Waals surface area contributed by atoms with Gasteiger partial charge in [-0.25, -0.2) is 9.59 Å². The van der Waals surface area contributed by atoms with Crippen molar-refractivity contribution in [2.45, 2.75) is 19.4 Å². The monoisotopic (exact) mass is 287 g/mol. The van der Waals surface area contributed by atoms with Gasteiger partial charge in [0.25, 0.3) is 0 Å². The van der Waals surface area contributed by atoms with E-state index in [2.05, 4.69) is 17.6 Å². The maximum absolute atomic E-state index is 11.9. The summed E-state index contributed by atoms with van der Waals surface area (Å²) in [5, 5.41) is 0. The highest BCUT2D eigenvalue weighted by molar-refractivity contribution is 5.76. The Morgan fingerprint density at radius 1 is 1.14 bits per heavy atom. The number of hydrogen-bond donors (Lipinski definition) is 1. The van der Waals surface area contributed by atoms with E-state index in [0.29, 0.717) is 5.92 Å². The zero-order valence-electron chi connectivity index (χ0n) is 11.5. The summed E-state index contributed by atoms with van der Waals surface area (Å²) in [6, 6.07) is 9.30. The average molecular weight is 287 g/mol. The second-order valence-electron chi connectivity index (χ2n) is 5.47. The van der Waals surface area contributed by atoms with Crippen molar-refractivity contribution in [1.29, 1.82) is 0 Å². The topological polar surface area (TPSA) is 64.6 Å². The summed E-state index contributed by atoms with van der Waals surface area (Å²) in [5.74, 6) is 0.208. The minimum atomic E-state index is -0.758. The lowest BCUT2D eigenvalue weighted by atomic mass is 9.94. The van der Waals surface area contributed by atoms with E-state index < -0.39 is 6.09 Å². The van der Waals surface area contributed by atoms with Gasteiger partial charge in [-0.1, -0.05) is 42.5 Å². The fourth-order valence-corrected chi connectivity index (χ4v) is 2.97. The number of allylic oxidation sites excluding steroid dienone is 2. The standard InChI is InChI=1S/C16H17NO4/c18-15(14-9-12-6-7-13(14)8-12)21-17-16(19)20-10-11-4-2-1-3-5-11/h1-7,12-14H,8-10H2,(H,17,19). The summed E-state index contributed by atoms with van der Waals surface area (Å²) < 4.78 is 4.96. The average Bonchev–Trinajstić information content (AvgIpc) is 3.14. The highest BCUT2D eigenvalue weighted by Gasteiger charge is 2.41. The number of nitrogens with one attached hydrogen (secondary N) is 1. The van der Waals surface area contributed by atoms with Crippen molar-refractivity contribution in [3.8, 4) is 0 Å². The highest BCUT2D eigenvalue weighted by Crippen LogP contribution is 2.43. The largest absolute Gasteiger partial charge is 0.443 e. The van der Waals surface area contributed by atoms with Gasteiger partial charge < -0.3 is 9.57 Å². The van der Waals surface area contributed by atoms with Crippen LogP contribution in [0.4, 0.5) is 4.79 Å². The molecule has 3 rings (SSSR count). The molecular formula is C16H17NO4. The Labute approximate surface area is 122 Å². The maximum Gasteiger partial charge on any atom is 0.441 e. The van der Waals surface area contributed by atoms with E-state index >= 15 is 0 Å². The Morgan fingerprint density at radius 2 is 1.95 bits per heavy atom. The molecule has 2 bridgehead atoms. The molecule has 21 heavy (non-hydrogen) atoms. The predicted octanol–water partition coefficient (Wildman–Crippen LogP) is 2.58. The van der Waals surface area contributed by atoms with Gasteiger partial charge in [0.1, 0.15) is 6.61 Å². The normalized spacial score (nSPS) is 25.6. The molecule has 3 atom stereocenters. The maximum atomic E-state index is 11.9. The van der Waals surface area contributed by atoms with Gasteiger partial charge in [-0.15, -0.1) is 5.48 Å². The van der Waals surface area contributed by atoms with E-state index in [-0.39, 0.29) is 24.4 Å². The van der Waals surface area contributed by atoms with Gasteiger partial charge in [-0.05, 0) is 30.2 Å². The quantitative estimate of drug-likeness (QED) is 0.685. The molecule has 0 aliphatic heterocycles. The number of ether oxygens (including phenoxy) is 1. The van der Waals surface area contributed by atoms with Crippen LogP contribution in [0, 0.1) is 17.8 Å². The van der Waals surface area contributed by atoms with Gasteiger partial charge in [0.2, 0.25) is 0 Å². The predicted molar refractivity (Wildman–Crippen MR) is 74.7 cm³/mol. The summed E-state index contributed by atoms with van der Waals surface area (Å²) >= 11 is 0. The fourth-order valence-electron chi connectivity index (χ4n) is 2.97. The Balaban J connectivity index is 1.40. The zero-order valence-corrected chi connectivity index (χ0v) is 11.5. The van der Waals surface area contributed by atoms with Crippen molar-refractivity contribution in [3.63, 3.8) is 0 Å². The van der Waals surface area contributed by atoms with Gasteiger partial charge in [-0.3, -0.25) is 0 Å². The second kappa shape index (κ2) is 5.99. The van der Waals surface area contributed by atoms with Gasteiger partial charge in [0.15, 0.2) is 0 Å². The number of amides is 1. The molecule has 0 spiro atoms. The van der Waals surface area contributed by atoms with Crippen LogP contribution in [0.15, 0.2) is 42.5 Å². The molecule has 2 aliphatic rings. The lowest BCUT2D eigenvalue weighted by Gasteiger charge is -2.16.